The fourth-order valence-corrected chi connectivity index (χ4v) is 1.12. The second kappa shape index (κ2) is 3.80. The Morgan fingerprint density at radius 2 is 2.31 bits per heavy atom. The van der Waals surface area contributed by atoms with Crippen molar-refractivity contribution >= 4 is 0 Å². The fourth-order valence-electron chi connectivity index (χ4n) is 1.12. The highest BCUT2D eigenvalue weighted by molar-refractivity contribution is 5.13. The number of hydrogen-bond acceptors (Lipinski definition) is 3. The number of H-pyrrole nitrogens is 1. The third-order valence-electron chi connectivity index (χ3n) is 1.79. The van der Waals surface area contributed by atoms with Gasteiger partial charge in [-0.05, 0) is 28.5 Å². The van der Waals surface area contributed by atoms with Crippen LogP contribution in [-0.4, -0.2) is 20.6 Å². The summed E-state index contributed by atoms with van der Waals surface area (Å²) in [6.07, 6.45) is 1.74. The topological polar surface area (TPSA) is 54.5 Å². The molecule has 0 unspecified atom stereocenters. The minimum Gasteiger partial charge on any atom is -0.243 e. The van der Waals surface area contributed by atoms with Crippen molar-refractivity contribution in [3.63, 3.8) is 0 Å². The van der Waals surface area contributed by atoms with Crippen molar-refractivity contribution in [3.8, 4) is 0 Å². The molecule has 0 atom stereocenters. The van der Waals surface area contributed by atoms with Gasteiger partial charge in [-0.25, -0.2) is 5.10 Å². The molecule has 4 heteroatoms. The first-order valence-corrected chi connectivity index (χ1v) is 4.13. The van der Waals surface area contributed by atoms with E-state index in [9.17, 15) is 0 Å². The number of tetrazole rings is 1. The summed E-state index contributed by atoms with van der Waals surface area (Å²) in [5.41, 5.74) is 1.18. The molecule has 0 aliphatic rings. The molecular formula is C9H9N4. The average molecular weight is 173 g/mol. The smallest absolute Gasteiger partial charge is 0.148 e. The van der Waals surface area contributed by atoms with Gasteiger partial charge in [-0.3, -0.25) is 0 Å². The number of hydrogen-bond donors (Lipinski definition) is 1. The molecule has 0 saturated heterocycles. The van der Waals surface area contributed by atoms with Gasteiger partial charge in [-0.2, -0.15) is 0 Å². The van der Waals surface area contributed by atoms with Crippen molar-refractivity contribution in [1.82, 2.24) is 20.6 Å². The molecule has 1 N–H and O–H groups in total. The van der Waals surface area contributed by atoms with Gasteiger partial charge in [0.2, 0.25) is 0 Å². The molecule has 4 nitrogen and oxygen atoms in total. The first kappa shape index (κ1) is 7.91. The van der Waals surface area contributed by atoms with Gasteiger partial charge < -0.3 is 0 Å². The lowest BCUT2D eigenvalue weighted by Gasteiger charge is -1.95. The number of aromatic nitrogens is 4. The largest absolute Gasteiger partial charge is 0.243 e. The van der Waals surface area contributed by atoms with E-state index in [0.29, 0.717) is 0 Å². The van der Waals surface area contributed by atoms with Crippen molar-refractivity contribution < 1.29 is 0 Å². The van der Waals surface area contributed by atoms with Gasteiger partial charge in [0.05, 0.1) is 0 Å². The van der Waals surface area contributed by atoms with Crippen LogP contribution in [0.4, 0.5) is 0 Å². The summed E-state index contributed by atoms with van der Waals surface area (Å²) in [5.74, 6) is 0.817. The molecule has 1 aromatic carbocycles. The number of aryl methyl sites for hydroxylation is 2. The molecule has 2 rings (SSSR count). The van der Waals surface area contributed by atoms with Crippen LogP contribution in [0.3, 0.4) is 0 Å². The molecule has 2 aromatic rings. The minimum absolute atomic E-state index is 0.817. The van der Waals surface area contributed by atoms with Crippen molar-refractivity contribution in [2.24, 2.45) is 0 Å². The maximum absolute atomic E-state index is 3.80. The van der Waals surface area contributed by atoms with Crippen LogP contribution in [0.2, 0.25) is 0 Å². The van der Waals surface area contributed by atoms with Gasteiger partial charge in [-0.1, -0.05) is 24.3 Å². The van der Waals surface area contributed by atoms with E-state index < -0.39 is 0 Å². The molecule has 1 radical (unpaired) electrons. The van der Waals surface area contributed by atoms with Crippen LogP contribution in [0.25, 0.3) is 0 Å². The quantitative estimate of drug-likeness (QED) is 0.746. The van der Waals surface area contributed by atoms with E-state index >= 15 is 0 Å². The SMILES string of the molecule is [c]1ccccc1CCc1nnn[nH]1. The van der Waals surface area contributed by atoms with Crippen molar-refractivity contribution in [2.45, 2.75) is 12.8 Å². The van der Waals surface area contributed by atoms with E-state index in [1.165, 1.54) is 5.56 Å². The summed E-state index contributed by atoms with van der Waals surface area (Å²) >= 11 is 0. The molecule has 0 spiro atoms. The summed E-state index contributed by atoms with van der Waals surface area (Å²) < 4.78 is 0. The molecule has 1 aromatic heterocycles. The van der Waals surface area contributed by atoms with Gasteiger partial charge in [0.1, 0.15) is 5.82 Å². The lowest BCUT2D eigenvalue weighted by Crippen LogP contribution is -1.93. The number of rotatable bonds is 3. The molecular weight excluding hydrogens is 164 g/mol. The van der Waals surface area contributed by atoms with Crippen LogP contribution < -0.4 is 0 Å². The number of aromatic amines is 1. The average Bonchev–Trinajstić information content (AvgIpc) is 2.69. The summed E-state index contributed by atoms with van der Waals surface area (Å²) in [6.45, 7) is 0. The van der Waals surface area contributed by atoms with Crippen LogP contribution in [-0.2, 0) is 12.8 Å². The van der Waals surface area contributed by atoms with E-state index in [2.05, 4.69) is 26.7 Å². The standard InChI is InChI=1S/C9H9N4/c1-2-4-8(5-3-1)6-7-9-10-12-13-11-9/h1-4H,6-7H2,(H,10,11,12,13). The van der Waals surface area contributed by atoms with Crippen LogP contribution in [0.15, 0.2) is 24.3 Å². The third kappa shape index (κ3) is 2.11. The van der Waals surface area contributed by atoms with E-state index in [1.807, 2.05) is 24.3 Å². The number of benzene rings is 1. The van der Waals surface area contributed by atoms with Crippen LogP contribution in [0.5, 0.6) is 0 Å². The molecule has 0 saturated carbocycles. The Kier molecular flexibility index (Phi) is 2.31. The first-order valence-electron chi connectivity index (χ1n) is 4.13. The van der Waals surface area contributed by atoms with Crippen molar-refractivity contribution in [2.75, 3.05) is 0 Å². The van der Waals surface area contributed by atoms with Crippen molar-refractivity contribution in [1.29, 1.82) is 0 Å². The maximum atomic E-state index is 3.80. The van der Waals surface area contributed by atoms with Gasteiger partial charge in [-0.15, -0.1) is 5.10 Å². The highest BCUT2D eigenvalue weighted by Crippen LogP contribution is 2.01. The Hall–Kier alpha value is -1.71. The van der Waals surface area contributed by atoms with Crippen LogP contribution >= 0.6 is 0 Å². The second-order valence-electron chi connectivity index (χ2n) is 2.74. The predicted octanol–water partition coefficient (Wildman–Crippen LogP) is 0.785. The normalized spacial score (nSPS) is 10.2. The summed E-state index contributed by atoms with van der Waals surface area (Å²) in [4.78, 5) is 0. The number of nitrogens with zero attached hydrogens (tertiary/aromatic N) is 3. The molecule has 0 bridgehead atoms. The molecule has 1 heterocycles. The zero-order valence-corrected chi connectivity index (χ0v) is 7.07. The van der Waals surface area contributed by atoms with Gasteiger partial charge in [0.25, 0.3) is 0 Å². The lowest BCUT2D eigenvalue weighted by atomic mass is 10.1. The van der Waals surface area contributed by atoms with E-state index in [-0.39, 0.29) is 0 Å². The number of nitrogens with one attached hydrogen (secondary N) is 1. The molecule has 65 valence electrons. The van der Waals surface area contributed by atoms with Gasteiger partial charge in [0, 0.05) is 6.42 Å². The molecule has 0 aliphatic heterocycles. The van der Waals surface area contributed by atoms with Crippen LogP contribution in [0, 0.1) is 6.07 Å². The third-order valence-corrected chi connectivity index (χ3v) is 1.79. The van der Waals surface area contributed by atoms with Gasteiger partial charge in [0.15, 0.2) is 0 Å². The monoisotopic (exact) mass is 173 g/mol. The van der Waals surface area contributed by atoms with E-state index in [0.717, 1.165) is 18.7 Å². The Labute approximate surface area is 76.0 Å². The zero-order valence-electron chi connectivity index (χ0n) is 7.07. The Balaban J connectivity index is 1.94. The molecule has 0 amide bonds. The van der Waals surface area contributed by atoms with E-state index in [1.54, 1.807) is 0 Å². The summed E-state index contributed by atoms with van der Waals surface area (Å²) in [6, 6.07) is 11.1. The Morgan fingerprint density at radius 3 is 3.00 bits per heavy atom. The first-order chi connectivity index (χ1) is 6.45. The highest BCUT2D eigenvalue weighted by atomic mass is 15.5. The maximum Gasteiger partial charge on any atom is 0.148 e. The molecule has 0 aliphatic carbocycles. The second-order valence-corrected chi connectivity index (χ2v) is 2.74. The Morgan fingerprint density at radius 1 is 1.31 bits per heavy atom. The summed E-state index contributed by atoms with van der Waals surface area (Å²) in [7, 11) is 0. The zero-order chi connectivity index (χ0) is 8.93. The van der Waals surface area contributed by atoms with Gasteiger partial charge >= 0.3 is 0 Å². The summed E-state index contributed by atoms with van der Waals surface area (Å²) in [5, 5.41) is 13.5. The predicted molar refractivity (Wildman–Crippen MR) is 46.9 cm³/mol. The highest BCUT2D eigenvalue weighted by Gasteiger charge is 1.97. The molecule has 13 heavy (non-hydrogen) atoms. The van der Waals surface area contributed by atoms with Crippen LogP contribution in [0.1, 0.15) is 11.4 Å². The van der Waals surface area contributed by atoms with Crippen molar-refractivity contribution in [3.05, 3.63) is 41.7 Å². The molecule has 0 fully saturated rings. The lowest BCUT2D eigenvalue weighted by molar-refractivity contribution is 0.863. The van der Waals surface area contributed by atoms with E-state index in [4.69, 9.17) is 0 Å². The Bertz CT molecular complexity index is 341. The fraction of sp³-hybridized carbons (Fsp3) is 0.222. The minimum atomic E-state index is 0.817.